The zero-order chi connectivity index (χ0) is 33.3. The van der Waals surface area contributed by atoms with Crippen molar-refractivity contribution in [3.8, 4) is 0 Å². The van der Waals surface area contributed by atoms with Crippen LogP contribution in [0.5, 0.6) is 0 Å². The molecule has 0 saturated carbocycles. The second-order valence-electron chi connectivity index (χ2n) is 12.0. The van der Waals surface area contributed by atoms with Gasteiger partial charge in [0, 0.05) is 30.9 Å². The molecule has 4 bridgehead atoms. The molecule has 0 unspecified atom stereocenters. The van der Waals surface area contributed by atoms with Gasteiger partial charge in [0.15, 0.2) is 5.69 Å². The lowest BCUT2D eigenvalue weighted by Gasteiger charge is -2.29. The predicted molar refractivity (Wildman–Crippen MR) is 172 cm³/mol. The van der Waals surface area contributed by atoms with Crippen LogP contribution in [0.25, 0.3) is 0 Å². The molecule has 1 aromatic carbocycles. The lowest BCUT2D eigenvalue weighted by Crippen LogP contribution is -2.50. The fourth-order valence-electron chi connectivity index (χ4n) is 5.36. The minimum atomic E-state index is -0.648. The van der Waals surface area contributed by atoms with Gasteiger partial charge in [-0.15, -0.1) is 11.3 Å². The second kappa shape index (κ2) is 15.6. The third-order valence-electron chi connectivity index (χ3n) is 7.61. The number of thiazole rings is 1. The summed E-state index contributed by atoms with van der Waals surface area (Å²) in [7, 11) is 0. The minimum Gasteiger partial charge on any atom is -0.446 e. The molecule has 0 spiro atoms. The highest BCUT2D eigenvalue weighted by atomic mass is 32.1. The van der Waals surface area contributed by atoms with Gasteiger partial charge in [0.05, 0.1) is 12.6 Å². The van der Waals surface area contributed by atoms with Crippen LogP contribution in [-0.4, -0.2) is 72.4 Å². The number of oxazole rings is 1. The van der Waals surface area contributed by atoms with E-state index in [0.717, 1.165) is 5.56 Å². The summed E-state index contributed by atoms with van der Waals surface area (Å²) < 4.78 is 7.20. The van der Waals surface area contributed by atoms with E-state index in [-0.39, 0.29) is 54.5 Å². The van der Waals surface area contributed by atoms with Crippen LogP contribution in [0.4, 0.5) is 0 Å². The van der Waals surface area contributed by atoms with Crippen LogP contribution in [0.15, 0.2) is 59.0 Å². The van der Waals surface area contributed by atoms with Crippen LogP contribution in [0.2, 0.25) is 0 Å². The van der Waals surface area contributed by atoms with Crippen molar-refractivity contribution in [1.82, 2.24) is 45.6 Å². The molecule has 0 radical (unpaired) electrons. The molecule has 4 amide bonds. The molecule has 4 aromatic rings. The molecular formula is C32H39N9O5S. The molecule has 248 valence electrons. The molecule has 1 aliphatic rings. The number of nitrogens with zero attached hydrogens (tertiary/aromatic N) is 6. The molecule has 0 aliphatic carbocycles. The number of rotatable bonds is 8. The van der Waals surface area contributed by atoms with Crippen LogP contribution in [0, 0.1) is 5.92 Å². The Kier molecular flexibility index (Phi) is 11.1. The van der Waals surface area contributed by atoms with Gasteiger partial charge in [0.1, 0.15) is 35.7 Å². The maximum absolute atomic E-state index is 13.7. The van der Waals surface area contributed by atoms with E-state index in [1.165, 1.54) is 28.8 Å². The van der Waals surface area contributed by atoms with Crippen LogP contribution >= 0.6 is 11.3 Å². The first kappa shape index (κ1) is 33.4. The third-order valence-corrected chi connectivity index (χ3v) is 8.57. The second-order valence-corrected chi connectivity index (χ2v) is 12.9. The van der Waals surface area contributed by atoms with E-state index in [4.69, 9.17) is 4.42 Å². The van der Waals surface area contributed by atoms with Crippen LogP contribution in [0.3, 0.4) is 0 Å². The first-order valence-corrected chi connectivity index (χ1v) is 16.5. The first-order chi connectivity index (χ1) is 22.6. The topological polar surface area (TPSA) is 177 Å². The van der Waals surface area contributed by atoms with Gasteiger partial charge in [-0.2, -0.15) is 5.10 Å². The molecule has 0 fully saturated rings. The summed E-state index contributed by atoms with van der Waals surface area (Å²) in [6, 6.07) is 7.96. The van der Waals surface area contributed by atoms with Crippen molar-refractivity contribution in [2.24, 2.45) is 5.92 Å². The van der Waals surface area contributed by atoms with Crippen molar-refractivity contribution in [3.63, 3.8) is 0 Å². The molecule has 0 saturated heterocycles. The van der Waals surface area contributed by atoms with Crippen LogP contribution < -0.4 is 16.0 Å². The number of nitrogens with one attached hydrogen (secondary N) is 3. The Labute approximate surface area is 276 Å². The third kappa shape index (κ3) is 9.31. The van der Waals surface area contributed by atoms with Gasteiger partial charge in [0.25, 0.3) is 11.8 Å². The number of aromatic nitrogens is 5. The highest BCUT2D eigenvalue weighted by Crippen LogP contribution is 2.24. The van der Waals surface area contributed by atoms with Crippen molar-refractivity contribution in [2.75, 3.05) is 13.1 Å². The molecule has 1 aliphatic heterocycles. The van der Waals surface area contributed by atoms with E-state index in [1.54, 1.807) is 23.3 Å². The van der Waals surface area contributed by atoms with Gasteiger partial charge in [-0.25, -0.2) is 15.0 Å². The maximum atomic E-state index is 13.7. The molecule has 3 N–H and O–H groups in total. The van der Waals surface area contributed by atoms with Crippen LogP contribution in [0.1, 0.15) is 89.6 Å². The average molecular weight is 662 g/mol. The number of carbonyl (C=O) groups is 4. The summed E-state index contributed by atoms with van der Waals surface area (Å²) in [5.74, 6) is -1.21. The smallest absolute Gasteiger partial charge is 0.273 e. The predicted octanol–water partition coefficient (Wildman–Crippen LogP) is 3.08. The van der Waals surface area contributed by atoms with Gasteiger partial charge in [-0.05, 0) is 37.7 Å². The first-order valence-electron chi connectivity index (χ1n) is 15.6. The van der Waals surface area contributed by atoms with Crippen molar-refractivity contribution in [1.29, 1.82) is 0 Å². The summed E-state index contributed by atoms with van der Waals surface area (Å²) >= 11 is 1.26. The molecule has 4 heterocycles. The van der Waals surface area contributed by atoms with Crippen molar-refractivity contribution < 1.29 is 23.6 Å². The summed E-state index contributed by atoms with van der Waals surface area (Å²) in [4.78, 5) is 68.1. The minimum absolute atomic E-state index is 0.0409. The Hall–Kier alpha value is -4.92. The molecule has 3 atom stereocenters. The zero-order valence-electron chi connectivity index (χ0n) is 26.6. The fraction of sp³-hybridized carbons (Fsp3) is 0.438. The van der Waals surface area contributed by atoms with E-state index in [9.17, 15) is 19.2 Å². The van der Waals surface area contributed by atoms with E-state index in [0.29, 0.717) is 30.8 Å². The van der Waals surface area contributed by atoms with E-state index < -0.39 is 29.9 Å². The average Bonchev–Trinajstić information content (AvgIpc) is 3.83. The quantitative estimate of drug-likeness (QED) is 0.256. The number of aryl methyl sites for hydroxylation is 1. The van der Waals surface area contributed by atoms with E-state index in [1.807, 2.05) is 44.2 Å². The van der Waals surface area contributed by atoms with E-state index in [2.05, 4.69) is 36.0 Å². The Morgan fingerprint density at radius 3 is 2.60 bits per heavy atom. The van der Waals surface area contributed by atoms with Gasteiger partial charge in [-0.1, -0.05) is 44.2 Å². The van der Waals surface area contributed by atoms with Gasteiger partial charge >= 0.3 is 0 Å². The number of fused-ring (bicyclic) bond motifs is 4. The normalized spacial score (nSPS) is 19.4. The van der Waals surface area contributed by atoms with Crippen molar-refractivity contribution >= 4 is 35.0 Å². The number of hydrogen-bond acceptors (Lipinski definition) is 10. The molecule has 5 rings (SSSR count). The van der Waals surface area contributed by atoms with Crippen LogP contribution in [-0.2, 0) is 22.6 Å². The van der Waals surface area contributed by atoms with Crippen molar-refractivity contribution in [2.45, 2.75) is 71.1 Å². The lowest BCUT2D eigenvalue weighted by molar-refractivity contribution is -0.136. The molecule has 15 heteroatoms. The Bertz CT molecular complexity index is 1650. The Morgan fingerprint density at radius 2 is 1.85 bits per heavy atom. The van der Waals surface area contributed by atoms with Gasteiger partial charge in [-0.3, -0.25) is 23.9 Å². The monoisotopic (exact) mass is 661 g/mol. The van der Waals surface area contributed by atoms with Gasteiger partial charge < -0.3 is 25.3 Å². The van der Waals surface area contributed by atoms with Gasteiger partial charge in [0.2, 0.25) is 17.7 Å². The van der Waals surface area contributed by atoms with E-state index >= 15 is 0 Å². The Balaban J connectivity index is 1.45. The highest BCUT2D eigenvalue weighted by Gasteiger charge is 2.28. The summed E-state index contributed by atoms with van der Waals surface area (Å²) in [6.45, 7) is 6.10. The Morgan fingerprint density at radius 1 is 1.06 bits per heavy atom. The summed E-state index contributed by atoms with van der Waals surface area (Å²) in [5, 5.41) is 15.1. The lowest BCUT2D eigenvalue weighted by atomic mass is 10.0. The molecular weight excluding hydrogens is 622 g/mol. The molecule has 14 nitrogen and oxygen atoms in total. The number of hydrogen-bond donors (Lipinski definition) is 3. The summed E-state index contributed by atoms with van der Waals surface area (Å²) in [6.07, 6.45) is 5.88. The SMILES string of the molecule is CC(C)C[C@@H]1CN(C(=O)CCCn2cncn2)CC(=O)N[C@H](Cc2ccccc2)c2nc(cs2)C(=O)N[C@H](C)c2nc(co2)C(=O)N1. The molecule has 47 heavy (non-hydrogen) atoms. The number of carbonyl (C=O) groups excluding carboxylic acids is 4. The maximum Gasteiger partial charge on any atom is 0.273 e. The van der Waals surface area contributed by atoms with Crippen molar-refractivity contribution in [3.05, 3.63) is 82.5 Å². The number of amides is 4. The standard InChI is InChI=1S/C32H39N9O5S/c1-20(2)12-23-14-40(28(43)10-7-11-41-19-33-18-34-41)15-27(42)37-24(13-22-8-5-4-6-9-22)32-39-26(17-47-32)30(45)35-21(3)31-38-25(16-46-31)29(44)36-23/h4-6,8-9,16-21,23-24H,7,10-15H2,1-3H3,(H,35,45)(H,36,44)(H,37,42)/t21-,23-,24-/m1/s1. The fourth-order valence-corrected chi connectivity index (χ4v) is 6.21. The largest absolute Gasteiger partial charge is 0.446 e. The highest BCUT2D eigenvalue weighted by molar-refractivity contribution is 7.09. The molecule has 3 aromatic heterocycles. The zero-order valence-corrected chi connectivity index (χ0v) is 27.4. The summed E-state index contributed by atoms with van der Waals surface area (Å²) in [5.41, 5.74) is 1.19. The number of benzene rings is 1.